The molecule has 2 aromatic rings. The summed E-state index contributed by atoms with van der Waals surface area (Å²) in [5, 5.41) is 0. The molecule has 2 aromatic heterocycles. The SMILES string of the molecule is FC(F)(F)c1cccc(N2CCN(CCC3(c4ccccn4)CCOCC3)CC2)n1. The smallest absolute Gasteiger partial charge is 0.381 e. The molecule has 0 aliphatic carbocycles. The molecule has 0 aromatic carbocycles. The van der Waals surface area contributed by atoms with Crippen LogP contribution in [0, 0.1) is 0 Å². The highest BCUT2D eigenvalue weighted by molar-refractivity contribution is 5.40. The van der Waals surface area contributed by atoms with Gasteiger partial charge in [-0.3, -0.25) is 9.88 Å². The second kappa shape index (κ2) is 8.89. The number of ether oxygens (including phenoxy) is 1. The van der Waals surface area contributed by atoms with Gasteiger partial charge in [-0.05, 0) is 50.1 Å². The maximum Gasteiger partial charge on any atom is 0.433 e. The quantitative estimate of drug-likeness (QED) is 0.737. The Hall–Kier alpha value is -2.19. The van der Waals surface area contributed by atoms with Gasteiger partial charge < -0.3 is 9.64 Å². The Morgan fingerprint density at radius 2 is 1.73 bits per heavy atom. The summed E-state index contributed by atoms with van der Waals surface area (Å²) in [7, 11) is 0. The van der Waals surface area contributed by atoms with Crippen molar-refractivity contribution in [3.63, 3.8) is 0 Å². The molecule has 0 bridgehead atoms. The number of piperazine rings is 1. The molecule has 4 heterocycles. The van der Waals surface area contributed by atoms with E-state index in [0.717, 1.165) is 63.9 Å². The van der Waals surface area contributed by atoms with Crippen LogP contribution in [0.1, 0.15) is 30.7 Å². The van der Waals surface area contributed by atoms with Gasteiger partial charge in [0.05, 0.1) is 0 Å². The van der Waals surface area contributed by atoms with Crippen LogP contribution in [-0.4, -0.2) is 60.8 Å². The van der Waals surface area contributed by atoms with Crippen LogP contribution in [0.5, 0.6) is 0 Å². The molecule has 0 atom stereocenters. The number of nitrogens with zero attached hydrogens (tertiary/aromatic N) is 4. The van der Waals surface area contributed by atoms with Crippen LogP contribution in [0.3, 0.4) is 0 Å². The van der Waals surface area contributed by atoms with Gasteiger partial charge in [0.25, 0.3) is 0 Å². The summed E-state index contributed by atoms with van der Waals surface area (Å²) in [6, 6.07) is 10.2. The highest BCUT2D eigenvalue weighted by Crippen LogP contribution is 2.37. The Bertz CT molecular complexity index is 817. The zero-order valence-corrected chi connectivity index (χ0v) is 16.9. The Morgan fingerprint density at radius 3 is 2.40 bits per heavy atom. The molecule has 2 aliphatic rings. The van der Waals surface area contributed by atoms with Crippen molar-refractivity contribution in [2.75, 3.05) is 50.8 Å². The first-order chi connectivity index (χ1) is 14.5. The van der Waals surface area contributed by atoms with Crippen LogP contribution >= 0.6 is 0 Å². The molecular formula is C22H27F3N4O. The molecule has 0 spiro atoms. The van der Waals surface area contributed by atoms with E-state index in [4.69, 9.17) is 4.74 Å². The molecule has 4 rings (SSSR count). The Kier molecular flexibility index (Phi) is 6.24. The fourth-order valence-corrected chi connectivity index (χ4v) is 4.40. The number of anilines is 1. The van der Waals surface area contributed by atoms with Gasteiger partial charge in [-0.25, -0.2) is 4.98 Å². The molecule has 0 saturated carbocycles. The average molecular weight is 420 g/mol. The second-order valence-electron chi connectivity index (χ2n) is 8.07. The molecule has 30 heavy (non-hydrogen) atoms. The van der Waals surface area contributed by atoms with Crippen molar-refractivity contribution >= 4 is 5.82 Å². The van der Waals surface area contributed by atoms with E-state index >= 15 is 0 Å². The number of halogens is 3. The zero-order chi connectivity index (χ0) is 21.0. The summed E-state index contributed by atoms with van der Waals surface area (Å²) < 4.78 is 44.4. The molecule has 0 N–H and O–H groups in total. The minimum absolute atomic E-state index is 0.0409. The van der Waals surface area contributed by atoms with E-state index in [1.807, 2.05) is 23.2 Å². The van der Waals surface area contributed by atoms with E-state index in [-0.39, 0.29) is 5.41 Å². The lowest BCUT2D eigenvalue weighted by Crippen LogP contribution is -2.48. The van der Waals surface area contributed by atoms with Crippen molar-refractivity contribution in [3.8, 4) is 0 Å². The van der Waals surface area contributed by atoms with Gasteiger partial charge in [0.15, 0.2) is 0 Å². The summed E-state index contributed by atoms with van der Waals surface area (Å²) in [6.45, 7) is 5.43. The average Bonchev–Trinajstić information content (AvgIpc) is 2.79. The summed E-state index contributed by atoms with van der Waals surface area (Å²) in [6.07, 6.45) is 0.389. The highest BCUT2D eigenvalue weighted by Gasteiger charge is 2.36. The fourth-order valence-electron chi connectivity index (χ4n) is 4.40. The summed E-state index contributed by atoms with van der Waals surface area (Å²) in [4.78, 5) is 12.8. The summed E-state index contributed by atoms with van der Waals surface area (Å²) in [5.74, 6) is 0.402. The number of alkyl halides is 3. The molecule has 2 saturated heterocycles. The third-order valence-electron chi connectivity index (χ3n) is 6.29. The molecule has 162 valence electrons. The van der Waals surface area contributed by atoms with Crippen molar-refractivity contribution in [1.29, 1.82) is 0 Å². The van der Waals surface area contributed by atoms with Gasteiger partial charge in [-0.1, -0.05) is 12.1 Å². The van der Waals surface area contributed by atoms with E-state index in [0.29, 0.717) is 18.9 Å². The normalized spacial score (nSPS) is 20.3. The van der Waals surface area contributed by atoms with Crippen LogP contribution in [0.2, 0.25) is 0 Å². The molecule has 0 radical (unpaired) electrons. The molecule has 5 nitrogen and oxygen atoms in total. The Balaban J connectivity index is 1.36. The standard InChI is InChI=1S/C22H27F3N4O/c23-22(24,25)19-5-3-6-20(27-19)29-14-12-28(13-15-29)11-7-21(8-16-30-17-9-21)18-4-1-2-10-26-18/h1-6,10H,7-9,11-17H2. The van der Waals surface area contributed by atoms with Crippen LogP contribution in [0.25, 0.3) is 0 Å². The molecule has 0 amide bonds. The van der Waals surface area contributed by atoms with E-state index in [1.165, 1.54) is 6.07 Å². The minimum Gasteiger partial charge on any atom is -0.381 e. The van der Waals surface area contributed by atoms with Crippen LogP contribution in [-0.2, 0) is 16.3 Å². The number of hydrogen-bond acceptors (Lipinski definition) is 5. The van der Waals surface area contributed by atoms with Crippen molar-refractivity contribution < 1.29 is 17.9 Å². The largest absolute Gasteiger partial charge is 0.433 e. The lowest BCUT2D eigenvalue weighted by molar-refractivity contribution is -0.141. The molecular weight excluding hydrogens is 393 g/mol. The van der Waals surface area contributed by atoms with Crippen molar-refractivity contribution in [2.45, 2.75) is 30.9 Å². The van der Waals surface area contributed by atoms with Gasteiger partial charge in [-0.15, -0.1) is 0 Å². The summed E-state index contributed by atoms with van der Waals surface area (Å²) in [5.41, 5.74) is 0.346. The van der Waals surface area contributed by atoms with Crippen molar-refractivity contribution in [2.24, 2.45) is 0 Å². The lowest BCUT2D eigenvalue weighted by Gasteiger charge is -2.40. The number of rotatable bonds is 5. The minimum atomic E-state index is -4.42. The monoisotopic (exact) mass is 420 g/mol. The second-order valence-corrected chi connectivity index (χ2v) is 8.07. The first kappa shape index (κ1) is 21.1. The van der Waals surface area contributed by atoms with Gasteiger partial charge in [0.2, 0.25) is 0 Å². The van der Waals surface area contributed by atoms with Gasteiger partial charge in [0, 0.05) is 56.7 Å². The third-order valence-corrected chi connectivity index (χ3v) is 6.29. The van der Waals surface area contributed by atoms with Gasteiger partial charge >= 0.3 is 6.18 Å². The van der Waals surface area contributed by atoms with Crippen LogP contribution < -0.4 is 4.90 Å². The molecule has 2 fully saturated rings. The van der Waals surface area contributed by atoms with Crippen LogP contribution in [0.15, 0.2) is 42.6 Å². The first-order valence-electron chi connectivity index (χ1n) is 10.5. The van der Waals surface area contributed by atoms with Gasteiger partial charge in [0.1, 0.15) is 11.5 Å². The maximum atomic E-state index is 12.9. The predicted molar refractivity (Wildman–Crippen MR) is 108 cm³/mol. The highest BCUT2D eigenvalue weighted by atomic mass is 19.4. The van der Waals surface area contributed by atoms with E-state index < -0.39 is 11.9 Å². The predicted octanol–water partition coefficient (Wildman–Crippen LogP) is 3.76. The lowest BCUT2D eigenvalue weighted by atomic mass is 9.74. The summed E-state index contributed by atoms with van der Waals surface area (Å²) >= 11 is 0. The van der Waals surface area contributed by atoms with E-state index in [1.54, 1.807) is 6.07 Å². The molecule has 2 aliphatic heterocycles. The van der Waals surface area contributed by atoms with Crippen molar-refractivity contribution in [1.82, 2.24) is 14.9 Å². The fraction of sp³-hybridized carbons (Fsp3) is 0.545. The number of pyridine rings is 2. The Morgan fingerprint density at radius 1 is 0.967 bits per heavy atom. The zero-order valence-electron chi connectivity index (χ0n) is 16.9. The maximum absolute atomic E-state index is 12.9. The van der Waals surface area contributed by atoms with E-state index in [9.17, 15) is 13.2 Å². The number of aromatic nitrogens is 2. The Labute approximate surface area is 174 Å². The molecule has 0 unspecified atom stereocenters. The third kappa shape index (κ3) is 4.75. The number of hydrogen-bond donors (Lipinski definition) is 0. The van der Waals surface area contributed by atoms with Crippen molar-refractivity contribution in [3.05, 3.63) is 54.0 Å². The topological polar surface area (TPSA) is 41.5 Å². The molecule has 8 heteroatoms. The first-order valence-corrected chi connectivity index (χ1v) is 10.5. The van der Waals surface area contributed by atoms with E-state index in [2.05, 4.69) is 20.9 Å². The van der Waals surface area contributed by atoms with Gasteiger partial charge in [-0.2, -0.15) is 13.2 Å². The van der Waals surface area contributed by atoms with Crippen LogP contribution in [0.4, 0.5) is 19.0 Å².